The summed E-state index contributed by atoms with van der Waals surface area (Å²) in [6.07, 6.45) is 8.28. The maximum Gasteiger partial charge on any atom is 0.231 e. The molecule has 1 amide bonds. The number of hydrogen-bond donors (Lipinski definition) is 1. The van der Waals surface area contributed by atoms with E-state index in [1.807, 2.05) is 14.1 Å². The molecule has 0 aliphatic carbocycles. The Balaban J connectivity index is 1.96. The molecule has 0 fully saturated rings. The fourth-order valence-electron chi connectivity index (χ4n) is 3.14. The van der Waals surface area contributed by atoms with Gasteiger partial charge >= 0.3 is 0 Å². The Morgan fingerprint density at radius 1 is 1.24 bits per heavy atom. The van der Waals surface area contributed by atoms with Crippen molar-refractivity contribution in [2.75, 3.05) is 19.0 Å². The highest BCUT2D eigenvalue weighted by Crippen LogP contribution is 2.31. The summed E-state index contributed by atoms with van der Waals surface area (Å²) in [6.45, 7) is 2.25. The number of hydrogen-bond acceptors (Lipinski definition) is 2. The summed E-state index contributed by atoms with van der Waals surface area (Å²) in [7, 11) is 3.89. The summed E-state index contributed by atoms with van der Waals surface area (Å²) >= 11 is 0. The molecule has 2 rings (SSSR count). The van der Waals surface area contributed by atoms with Gasteiger partial charge in [0.15, 0.2) is 0 Å². The number of benzene rings is 1. The highest BCUT2D eigenvalue weighted by Gasteiger charge is 2.24. The summed E-state index contributed by atoms with van der Waals surface area (Å²) in [5, 5.41) is 3.42. The van der Waals surface area contributed by atoms with Crippen LogP contribution in [0.4, 0.5) is 5.69 Å². The molecule has 0 aromatic heterocycles. The Labute approximate surface area is 128 Å². The zero-order chi connectivity index (χ0) is 15.2. The van der Waals surface area contributed by atoms with Gasteiger partial charge in [-0.3, -0.25) is 4.79 Å². The van der Waals surface area contributed by atoms with Crippen LogP contribution in [0.3, 0.4) is 0 Å². The first-order valence-corrected chi connectivity index (χ1v) is 8.24. The minimum absolute atomic E-state index is 0.197. The van der Waals surface area contributed by atoms with Gasteiger partial charge in [0, 0.05) is 18.8 Å². The smallest absolute Gasteiger partial charge is 0.231 e. The van der Waals surface area contributed by atoms with E-state index in [4.69, 9.17) is 0 Å². The third-order valence-electron chi connectivity index (χ3n) is 4.53. The van der Waals surface area contributed by atoms with Crippen LogP contribution < -0.4 is 10.2 Å². The maximum absolute atomic E-state index is 11.8. The first-order valence-electron chi connectivity index (χ1n) is 8.24. The fraction of sp³-hybridized carbons (Fsp3) is 0.611. The number of fused-ring (bicyclic) bond motifs is 1. The number of likely N-dealkylation sites (N-methyl/N-ethyl adjacent to an activating group) is 1. The second kappa shape index (κ2) is 7.60. The van der Waals surface area contributed by atoms with Crippen LogP contribution in [0.2, 0.25) is 0 Å². The topological polar surface area (TPSA) is 32.3 Å². The number of unbranched alkanes of at least 4 members (excludes halogenated alkanes) is 4. The molecule has 0 saturated heterocycles. The molecular formula is C18H28N2O. The standard InChI is InChI=1S/C18H28N2O/c1-4-5-6-7-8-9-16(19-2)14-10-11-17-15(12-14)13-18(21)20(17)3/h10-12,16,19H,4-9,13H2,1-3H3. The van der Waals surface area contributed by atoms with Crippen molar-refractivity contribution in [1.82, 2.24) is 5.32 Å². The lowest BCUT2D eigenvalue weighted by atomic mass is 9.97. The van der Waals surface area contributed by atoms with Gasteiger partial charge in [-0.2, -0.15) is 0 Å². The van der Waals surface area contributed by atoms with Gasteiger partial charge in [0.25, 0.3) is 0 Å². The van der Waals surface area contributed by atoms with Crippen LogP contribution in [0.15, 0.2) is 18.2 Å². The van der Waals surface area contributed by atoms with Crippen molar-refractivity contribution in [2.45, 2.75) is 57.9 Å². The monoisotopic (exact) mass is 288 g/mol. The molecule has 1 atom stereocenters. The fourth-order valence-corrected chi connectivity index (χ4v) is 3.14. The molecule has 1 aromatic rings. The van der Waals surface area contributed by atoms with E-state index in [0.717, 1.165) is 5.69 Å². The predicted octanol–water partition coefficient (Wildman–Crippen LogP) is 3.83. The van der Waals surface area contributed by atoms with Crippen LogP contribution in [-0.2, 0) is 11.2 Å². The molecule has 1 aliphatic rings. The summed E-state index contributed by atoms with van der Waals surface area (Å²) < 4.78 is 0. The maximum atomic E-state index is 11.8. The van der Waals surface area contributed by atoms with Gasteiger partial charge in [0.05, 0.1) is 6.42 Å². The SMILES string of the molecule is CCCCCCCC(NC)c1ccc2c(c1)CC(=O)N2C. The van der Waals surface area contributed by atoms with Crippen LogP contribution in [0, 0.1) is 0 Å². The molecule has 0 saturated carbocycles. The van der Waals surface area contributed by atoms with Gasteiger partial charge in [-0.1, -0.05) is 51.2 Å². The summed E-state index contributed by atoms with van der Waals surface area (Å²) in [5.41, 5.74) is 3.56. The average molecular weight is 288 g/mol. The van der Waals surface area contributed by atoms with Gasteiger partial charge in [-0.25, -0.2) is 0 Å². The Morgan fingerprint density at radius 2 is 2.00 bits per heavy atom. The molecule has 3 heteroatoms. The summed E-state index contributed by atoms with van der Waals surface area (Å²) in [5.74, 6) is 0.197. The quantitative estimate of drug-likeness (QED) is 0.737. The molecule has 1 unspecified atom stereocenters. The Hall–Kier alpha value is -1.35. The minimum Gasteiger partial charge on any atom is -0.315 e. The first kappa shape index (κ1) is 16.0. The third-order valence-corrected chi connectivity index (χ3v) is 4.53. The molecule has 1 heterocycles. The molecule has 116 valence electrons. The molecule has 1 aliphatic heterocycles. The number of carbonyl (C=O) groups is 1. The van der Waals surface area contributed by atoms with Crippen LogP contribution in [0.25, 0.3) is 0 Å². The number of carbonyl (C=O) groups excluding carboxylic acids is 1. The zero-order valence-electron chi connectivity index (χ0n) is 13.6. The van der Waals surface area contributed by atoms with Gasteiger partial charge in [-0.15, -0.1) is 0 Å². The van der Waals surface area contributed by atoms with Crippen molar-refractivity contribution in [2.24, 2.45) is 0 Å². The molecule has 0 bridgehead atoms. The number of rotatable bonds is 8. The van der Waals surface area contributed by atoms with Crippen LogP contribution in [0.5, 0.6) is 0 Å². The van der Waals surface area contributed by atoms with Crippen molar-refractivity contribution < 1.29 is 4.79 Å². The second-order valence-electron chi connectivity index (χ2n) is 6.06. The van der Waals surface area contributed by atoms with Crippen LogP contribution in [-0.4, -0.2) is 20.0 Å². The highest BCUT2D eigenvalue weighted by molar-refractivity contribution is 6.00. The normalized spacial score (nSPS) is 15.4. The van der Waals surface area contributed by atoms with Gasteiger partial charge in [-0.05, 0) is 30.7 Å². The zero-order valence-corrected chi connectivity index (χ0v) is 13.6. The first-order chi connectivity index (χ1) is 10.2. The van der Waals surface area contributed by atoms with E-state index < -0.39 is 0 Å². The van der Waals surface area contributed by atoms with E-state index in [9.17, 15) is 4.79 Å². The molecular weight excluding hydrogens is 260 g/mol. The lowest BCUT2D eigenvalue weighted by Crippen LogP contribution is -2.20. The minimum atomic E-state index is 0.197. The molecule has 1 N–H and O–H groups in total. The third kappa shape index (κ3) is 3.85. The Kier molecular flexibility index (Phi) is 5.80. The van der Waals surface area contributed by atoms with Gasteiger partial charge in [0.1, 0.15) is 0 Å². The number of amides is 1. The number of nitrogens with one attached hydrogen (secondary N) is 1. The van der Waals surface area contributed by atoms with Crippen LogP contribution in [0.1, 0.15) is 62.6 Å². The van der Waals surface area contributed by atoms with Crippen molar-refractivity contribution in [3.05, 3.63) is 29.3 Å². The summed E-state index contributed by atoms with van der Waals surface area (Å²) in [6, 6.07) is 6.88. The lowest BCUT2D eigenvalue weighted by Gasteiger charge is -2.18. The second-order valence-corrected chi connectivity index (χ2v) is 6.06. The van der Waals surface area contributed by atoms with E-state index in [1.54, 1.807) is 4.90 Å². The molecule has 0 radical (unpaired) electrons. The largest absolute Gasteiger partial charge is 0.315 e. The van der Waals surface area contributed by atoms with Gasteiger partial charge in [0.2, 0.25) is 5.91 Å². The van der Waals surface area contributed by atoms with Crippen molar-refractivity contribution >= 4 is 11.6 Å². The van der Waals surface area contributed by atoms with E-state index in [1.165, 1.54) is 49.7 Å². The van der Waals surface area contributed by atoms with Crippen molar-refractivity contribution in [3.63, 3.8) is 0 Å². The molecule has 3 nitrogen and oxygen atoms in total. The van der Waals surface area contributed by atoms with Crippen LogP contribution >= 0.6 is 0 Å². The summed E-state index contributed by atoms with van der Waals surface area (Å²) in [4.78, 5) is 13.5. The Morgan fingerprint density at radius 3 is 2.71 bits per heavy atom. The Bertz CT molecular complexity index is 484. The lowest BCUT2D eigenvalue weighted by molar-refractivity contribution is -0.117. The highest BCUT2D eigenvalue weighted by atomic mass is 16.2. The average Bonchev–Trinajstić information content (AvgIpc) is 2.77. The van der Waals surface area contributed by atoms with Crippen molar-refractivity contribution in [1.29, 1.82) is 0 Å². The van der Waals surface area contributed by atoms with Crippen molar-refractivity contribution in [3.8, 4) is 0 Å². The van der Waals surface area contributed by atoms with Gasteiger partial charge < -0.3 is 10.2 Å². The van der Waals surface area contributed by atoms with E-state index in [-0.39, 0.29) is 5.91 Å². The molecule has 0 spiro atoms. The molecule has 21 heavy (non-hydrogen) atoms. The van der Waals surface area contributed by atoms with E-state index >= 15 is 0 Å². The van der Waals surface area contributed by atoms with E-state index in [0.29, 0.717) is 12.5 Å². The number of anilines is 1. The van der Waals surface area contributed by atoms with E-state index in [2.05, 4.69) is 30.4 Å². The number of nitrogens with zero attached hydrogens (tertiary/aromatic N) is 1. The molecule has 1 aromatic carbocycles. The predicted molar refractivity (Wildman–Crippen MR) is 88.7 cm³/mol.